The fourth-order valence-corrected chi connectivity index (χ4v) is 1.85. The van der Waals surface area contributed by atoms with Gasteiger partial charge in [-0.15, -0.1) is 0 Å². The predicted octanol–water partition coefficient (Wildman–Crippen LogP) is 2.98. The molecule has 2 aromatic rings. The Kier molecular flexibility index (Phi) is 3.76. The van der Waals surface area contributed by atoms with Crippen LogP contribution in [0.5, 0.6) is 5.88 Å². The van der Waals surface area contributed by atoms with Gasteiger partial charge in [0, 0.05) is 22.1 Å². The minimum absolute atomic E-state index is 0.427. The van der Waals surface area contributed by atoms with Crippen LogP contribution in [0, 0.1) is 0 Å². The fourth-order valence-electron chi connectivity index (χ4n) is 1.58. The molecule has 0 saturated heterocycles. The average molecular weight is 293 g/mol. The van der Waals surface area contributed by atoms with E-state index >= 15 is 0 Å². The molecule has 88 valence electrons. The molecular weight excluding hydrogens is 280 g/mol. The van der Waals surface area contributed by atoms with E-state index in [0.29, 0.717) is 12.4 Å². The van der Waals surface area contributed by atoms with Crippen LogP contribution >= 0.6 is 15.9 Å². The number of halogens is 1. The smallest absolute Gasteiger partial charge is 0.218 e. The van der Waals surface area contributed by atoms with Gasteiger partial charge in [-0.3, -0.25) is 0 Å². The van der Waals surface area contributed by atoms with E-state index in [-0.39, 0.29) is 0 Å². The van der Waals surface area contributed by atoms with E-state index < -0.39 is 0 Å². The zero-order chi connectivity index (χ0) is 12.3. The van der Waals surface area contributed by atoms with Crippen LogP contribution in [0.1, 0.15) is 5.56 Å². The molecule has 2 N–H and O–H groups in total. The number of methoxy groups -OCH3 is 1. The maximum atomic E-state index is 5.61. The summed E-state index contributed by atoms with van der Waals surface area (Å²) in [4.78, 5) is 4.44. The molecular formula is C13H13BrN2O. The lowest BCUT2D eigenvalue weighted by atomic mass is 10.1. The van der Waals surface area contributed by atoms with Gasteiger partial charge in [0.2, 0.25) is 5.88 Å². The normalized spacial score (nSPS) is 10.3. The zero-order valence-corrected chi connectivity index (χ0v) is 11.1. The number of rotatable bonds is 3. The van der Waals surface area contributed by atoms with Crippen molar-refractivity contribution in [1.29, 1.82) is 0 Å². The quantitative estimate of drug-likeness (QED) is 0.946. The Morgan fingerprint density at radius 3 is 2.47 bits per heavy atom. The SMILES string of the molecule is COc1nc(-c2ccc(Br)cc2)ccc1CN. The van der Waals surface area contributed by atoms with E-state index in [1.54, 1.807) is 7.11 Å². The number of pyridine rings is 1. The number of nitrogens with two attached hydrogens (primary N) is 1. The predicted molar refractivity (Wildman–Crippen MR) is 71.8 cm³/mol. The molecule has 0 aliphatic rings. The summed E-state index contributed by atoms with van der Waals surface area (Å²) in [7, 11) is 1.60. The van der Waals surface area contributed by atoms with Crippen molar-refractivity contribution in [3.63, 3.8) is 0 Å². The number of ether oxygens (including phenoxy) is 1. The van der Waals surface area contributed by atoms with Crippen LogP contribution in [-0.4, -0.2) is 12.1 Å². The summed E-state index contributed by atoms with van der Waals surface area (Å²) >= 11 is 3.41. The Hall–Kier alpha value is -1.39. The van der Waals surface area contributed by atoms with Crippen molar-refractivity contribution < 1.29 is 4.74 Å². The van der Waals surface area contributed by atoms with Crippen LogP contribution in [0.3, 0.4) is 0 Å². The van der Waals surface area contributed by atoms with Crippen molar-refractivity contribution in [2.75, 3.05) is 7.11 Å². The third kappa shape index (κ3) is 2.65. The second-order valence-electron chi connectivity index (χ2n) is 3.58. The first-order valence-corrected chi connectivity index (χ1v) is 6.04. The molecule has 0 aliphatic heterocycles. The summed E-state index contributed by atoms with van der Waals surface area (Å²) in [6.45, 7) is 0.427. The van der Waals surface area contributed by atoms with E-state index in [2.05, 4.69) is 20.9 Å². The van der Waals surface area contributed by atoms with Gasteiger partial charge in [-0.05, 0) is 18.2 Å². The summed E-state index contributed by atoms with van der Waals surface area (Å²) < 4.78 is 6.27. The number of aromatic nitrogens is 1. The molecule has 0 bridgehead atoms. The summed E-state index contributed by atoms with van der Waals surface area (Å²) in [6, 6.07) is 11.9. The molecule has 0 spiro atoms. The lowest BCUT2D eigenvalue weighted by molar-refractivity contribution is 0.393. The van der Waals surface area contributed by atoms with Gasteiger partial charge in [-0.2, -0.15) is 0 Å². The highest BCUT2D eigenvalue weighted by atomic mass is 79.9. The van der Waals surface area contributed by atoms with Crippen molar-refractivity contribution in [1.82, 2.24) is 4.98 Å². The topological polar surface area (TPSA) is 48.1 Å². The van der Waals surface area contributed by atoms with Crippen LogP contribution in [0.25, 0.3) is 11.3 Å². The Morgan fingerprint density at radius 2 is 1.88 bits per heavy atom. The van der Waals surface area contributed by atoms with Gasteiger partial charge < -0.3 is 10.5 Å². The molecule has 3 nitrogen and oxygen atoms in total. The molecule has 0 atom stereocenters. The molecule has 0 amide bonds. The third-order valence-electron chi connectivity index (χ3n) is 2.49. The van der Waals surface area contributed by atoms with Crippen LogP contribution in [-0.2, 0) is 6.54 Å². The van der Waals surface area contributed by atoms with Crippen molar-refractivity contribution >= 4 is 15.9 Å². The van der Waals surface area contributed by atoms with E-state index in [1.807, 2.05) is 36.4 Å². The van der Waals surface area contributed by atoms with Crippen LogP contribution in [0.4, 0.5) is 0 Å². The second-order valence-corrected chi connectivity index (χ2v) is 4.49. The molecule has 4 heteroatoms. The number of hydrogen-bond donors (Lipinski definition) is 1. The number of nitrogens with zero attached hydrogens (tertiary/aromatic N) is 1. The van der Waals surface area contributed by atoms with Gasteiger partial charge in [0.1, 0.15) is 0 Å². The largest absolute Gasteiger partial charge is 0.481 e. The molecule has 1 aromatic heterocycles. The van der Waals surface area contributed by atoms with Crippen molar-refractivity contribution in [3.8, 4) is 17.1 Å². The Balaban J connectivity index is 2.42. The maximum Gasteiger partial charge on any atom is 0.218 e. The summed E-state index contributed by atoms with van der Waals surface area (Å²) in [5, 5.41) is 0. The molecule has 1 heterocycles. The van der Waals surface area contributed by atoms with E-state index in [1.165, 1.54) is 0 Å². The van der Waals surface area contributed by atoms with Crippen molar-refractivity contribution in [2.45, 2.75) is 6.54 Å². The van der Waals surface area contributed by atoms with Crippen molar-refractivity contribution in [2.24, 2.45) is 5.73 Å². The summed E-state index contributed by atoms with van der Waals surface area (Å²) in [5.74, 6) is 0.591. The molecule has 0 fully saturated rings. The Bertz CT molecular complexity index is 511. The average Bonchev–Trinajstić information content (AvgIpc) is 2.39. The maximum absolute atomic E-state index is 5.61. The van der Waals surface area contributed by atoms with Crippen molar-refractivity contribution in [3.05, 3.63) is 46.4 Å². The highest BCUT2D eigenvalue weighted by Gasteiger charge is 2.06. The minimum Gasteiger partial charge on any atom is -0.481 e. The summed E-state index contributed by atoms with van der Waals surface area (Å²) in [6.07, 6.45) is 0. The first-order valence-electron chi connectivity index (χ1n) is 5.24. The standard InChI is InChI=1S/C13H13BrN2O/c1-17-13-10(8-15)4-7-12(16-13)9-2-5-11(14)6-3-9/h2-7H,8,15H2,1H3. The molecule has 1 aromatic carbocycles. The monoisotopic (exact) mass is 292 g/mol. The Labute approximate surface area is 109 Å². The molecule has 17 heavy (non-hydrogen) atoms. The van der Waals surface area contributed by atoms with Gasteiger partial charge in [-0.25, -0.2) is 4.98 Å². The highest BCUT2D eigenvalue weighted by molar-refractivity contribution is 9.10. The van der Waals surface area contributed by atoms with Crippen LogP contribution in [0.2, 0.25) is 0 Å². The fraction of sp³-hybridized carbons (Fsp3) is 0.154. The van der Waals surface area contributed by atoms with E-state index in [9.17, 15) is 0 Å². The first-order chi connectivity index (χ1) is 8.24. The zero-order valence-electron chi connectivity index (χ0n) is 9.48. The minimum atomic E-state index is 0.427. The number of hydrogen-bond acceptors (Lipinski definition) is 3. The molecule has 0 unspecified atom stereocenters. The summed E-state index contributed by atoms with van der Waals surface area (Å²) in [5.41, 5.74) is 8.45. The molecule has 0 radical (unpaired) electrons. The molecule has 2 rings (SSSR count). The van der Waals surface area contributed by atoms with Crippen LogP contribution < -0.4 is 10.5 Å². The first kappa shape index (κ1) is 12.1. The van der Waals surface area contributed by atoms with E-state index in [4.69, 9.17) is 10.5 Å². The van der Waals surface area contributed by atoms with Crippen LogP contribution in [0.15, 0.2) is 40.9 Å². The molecule has 0 aliphatic carbocycles. The molecule has 0 saturated carbocycles. The van der Waals surface area contributed by atoms with Gasteiger partial charge >= 0.3 is 0 Å². The van der Waals surface area contributed by atoms with Gasteiger partial charge in [0.15, 0.2) is 0 Å². The van der Waals surface area contributed by atoms with Gasteiger partial charge in [0.25, 0.3) is 0 Å². The van der Waals surface area contributed by atoms with Gasteiger partial charge in [0.05, 0.1) is 12.8 Å². The van der Waals surface area contributed by atoms with E-state index in [0.717, 1.165) is 21.3 Å². The highest BCUT2D eigenvalue weighted by Crippen LogP contribution is 2.24. The third-order valence-corrected chi connectivity index (χ3v) is 3.02. The van der Waals surface area contributed by atoms with Gasteiger partial charge in [-0.1, -0.05) is 34.1 Å². The second kappa shape index (κ2) is 5.29. The lowest BCUT2D eigenvalue weighted by Gasteiger charge is -2.08. The number of benzene rings is 1. The lowest BCUT2D eigenvalue weighted by Crippen LogP contribution is -2.02. The Morgan fingerprint density at radius 1 is 1.18 bits per heavy atom.